The van der Waals surface area contributed by atoms with E-state index in [9.17, 15) is 29.1 Å². The zero-order chi connectivity index (χ0) is 21.3. The molecule has 5 rings (SSSR count). The molecule has 8 heteroatoms. The molecule has 146 valence electrons. The fourth-order valence-electron chi connectivity index (χ4n) is 3.75. The molecule has 0 radical (unpaired) electrons. The molecule has 0 aliphatic heterocycles. The predicted octanol–water partition coefficient (Wildman–Crippen LogP) is 2.31. The molecule has 0 amide bonds. The quantitative estimate of drug-likeness (QED) is 0.328. The Hall–Kier alpha value is -3.91. The minimum Gasteiger partial charge on any atom is -0.508 e. The zero-order valence-electron chi connectivity index (χ0n) is 15.3. The number of carbonyl (C=O) groups excluding carboxylic acids is 1. The number of esters is 1. The molecule has 7 nitrogen and oxygen atoms in total. The Bertz CT molecular complexity index is 1790. The molecule has 1 aromatic heterocycles. The van der Waals surface area contributed by atoms with E-state index >= 15 is 0 Å². The summed E-state index contributed by atoms with van der Waals surface area (Å²) in [5.74, 6) is -0.658. The van der Waals surface area contributed by atoms with Gasteiger partial charge in [0.15, 0.2) is 10.9 Å². The van der Waals surface area contributed by atoms with Gasteiger partial charge in [0.25, 0.3) is 0 Å². The highest BCUT2D eigenvalue weighted by atomic mass is 32.1. The molecule has 0 atom stereocenters. The number of rotatable bonds is 1. The second kappa shape index (κ2) is 6.04. The number of phenols is 1. The van der Waals surface area contributed by atoms with E-state index < -0.39 is 27.7 Å². The molecule has 0 saturated carbocycles. The molecule has 1 heterocycles. The van der Waals surface area contributed by atoms with Gasteiger partial charge in [0.05, 0.1) is 20.2 Å². The maximum Gasteiger partial charge on any atom is 0.308 e. The van der Waals surface area contributed by atoms with Gasteiger partial charge in [-0.25, -0.2) is 0 Å². The summed E-state index contributed by atoms with van der Waals surface area (Å²) in [4.78, 5) is 63.6. The van der Waals surface area contributed by atoms with Crippen molar-refractivity contribution in [1.82, 2.24) is 0 Å². The van der Waals surface area contributed by atoms with Crippen LogP contribution in [0.25, 0.3) is 41.7 Å². The molecule has 4 aromatic carbocycles. The van der Waals surface area contributed by atoms with E-state index in [1.807, 2.05) is 0 Å². The highest BCUT2D eigenvalue weighted by Gasteiger charge is 2.22. The van der Waals surface area contributed by atoms with E-state index in [-0.39, 0.29) is 53.2 Å². The molecular weight excluding hydrogens is 408 g/mol. The van der Waals surface area contributed by atoms with Crippen molar-refractivity contribution in [2.75, 3.05) is 0 Å². The van der Waals surface area contributed by atoms with Gasteiger partial charge < -0.3 is 9.84 Å². The Balaban J connectivity index is 2.05. The van der Waals surface area contributed by atoms with E-state index in [0.717, 1.165) is 11.3 Å². The monoisotopic (exact) mass is 418 g/mol. The van der Waals surface area contributed by atoms with Gasteiger partial charge in [-0.3, -0.25) is 24.0 Å². The first-order valence-electron chi connectivity index (χ1n) is 8.79. The summed E-state index contributed by atoms with van der Waals surface area (Å²) in [5.41, 5.74) is -2.16. The lowest BCUT2D eigenvalue weighted by Crippen LogP contribution is -2.15. The Morgan fingerprint density at radius 2 is 1.30 bits per heavy atom. The fourth-order valence-corrected chi connectivity index (χ4v) is 4.96. The van der Waals surface area contributed by atoms with E-state index in [1.165, 1.54) is 43.3 Å². The third-order valence-corrected chi connectivity index (χ3v) is 6.20. The van der Waals surface area contributed by atoms with Crippen molar-refractivity contribution in [3.05, 3.63) is 77.3 Å². The highest BCUT2D eigenvalue weighted by molar-refractivity contribution is 7.25. The van der Waals surface area contributed by atoms with Crippen molar-refractivity contribution in [1.29, 1.82) is 0 Å². The summed E-state index contributed by atoms with van der Waals surface area (Å²) in [5, 5.41) is 9.69. The van der Waals surface area contributed by atoms with Crippen LogP contribution in [0.3, 0.4) is 0 Å². The van der Waals surface area contributed by atoms with Crippen LogP contribution < -0.4 is 26.5 Å². The summed E-state index contributed by atoms with van der Waals surface area (Å²) in [6.07, 6.45) is 0. The molecule has 5 aromatic rings. The number of thiophene rings is 1. The first kappa shape index (κ1) is 18.1. The van der Waals surface area contributed by atoms with Crippen LogP contribution in [0, 0.1) is 0 Å². The fraction of sp³-hybridized carbons (Fsp3) is 0.0455. The van der Waals surface area contributed by atoms with Crippen LogP contribution in [0.2, 0.25) is 0 Å². The lowest BCUT2D eigenvalue weighted by Gasteiger charge is -2.03. The standard InChI is InChI=1S/C22H10O7S/c1-8(23)29-10-3-5-12-14(7-10)18(26)16-15-17(25)11-4-2-9(24)6-13(11)20(28)22(15)30-21(16)19(12)27/h2-7,24H,1H3. The van der Waals surface area contributed by atoms with Crippen LogP contribution in [-0.4, -0.2) is 11.1 Å². The average molecular weight is 418 g/mol. The largest absolute Gasteiger partial charge is 0.508 e. The van der Waals surface area contributed by atoms with E-state index in [0.29, 0.717) is 0 Å². The number of aromatic hydroxyl groups is 1. The summed E-state index contributed by atoms with van der Waals surface area (Å²) < 4.78 is 5.02. The second-order valence-corrected chi connectivity index (χ2v) is 7.88. The number of fused-ring (bicyclic) bond motifs is 5. The SMILES string of the molecule is CC(=O)Oc1ccc2c(=O)c3sc4c(=O)c5cc(O)ccc5c(=O)c4c3c(=O)c2c1. The van der Waals surface area contributed by atoms with Crippen molar-refractivity contribution in [2.45, 2.75) is 6.92 Å². The van der Waals surface area contributed by atoms with Crippen LogP contribution in [0.5, 0.6) is 11.5 Å². The van der Waals surface area contributed by atoms with Crippen molar-refractivity contribution < 1.29 is 14.6 Å². The smallest absolute Gasteiger partial charge is 0.308 e. The van der Waals surface area contributed by atoms with Gasteiger partial charge in [-0.2, -0.15) is 0 Å². The lowest BCUT2D eigenvalue weighted by molar-refractivity contribution is -0.131. The van der Waals surface area contributed by atoms with Crippen LogP contribution in [0.4, 0.5) is 0 Å². The first-order valence-corrected chi connectivity index (χ1v) is 9.60. The first-order chi connectivity index (χ1) is 14.3. The van der Waals surface area contributed by atoms with E-state index in [1.54, 1.807) is 0 Å². The van der Waals surface area contributed by atoms with Gasteiger partial charge in [-0.1, -0.05) is 0 Å². The Morgan fingerprint density at radius 3 is 1.97 bits per heavy atom. The third kappa shape index (κ3) is 2.34. The molecule has 0 aliphatic carbocycles. The zero-order valence-corrected chi connectivity index (χ0v) is 16.1. The number of hydrogen-bond acceptors (Lipinski definition) is 8. The number of ether oxygens (including phenoxy) is 1. The Kier molecular flexibility index (Phi) is 3.65. The van der Waals surface area contributed by atoms with Crippen molar-refractivity contribution >= 4 is 59.0 Å². The Morgan fingerprint density at radius 1 is 0.767 bits per heavy atom. The predicted molar refractivity (Wildman–Crippen MR) is 115 cm³/mol. The second-order valence-electron chi connectivity index (χ2n) is 6.86. The van der Waals surface area contributed by atoms with Gasteiger partial charge in [0.2, 0.25) is 10.9 Å². The van der Waals surface area contributed by atoms with Gasteiger partial charge in [0.1, 0.15) is 11.5 Å². The van der Waals surface area contributed by atoms with Crippen molar-refractivity contribution in [2.24, 2.45) is 0 Å². The summed E-state index contributed by atoms with van der Waals surface area (Å²) in [6, 6.07) is 7.86. The van der Waals surface area contributed by atoms with Crippen LogP contribution in [0.1, 0.15) is 6.92 Å². The summed E-state index contributed by atoms with van der Waals surface area (Å²) >= 11 is 0.802. The molecule has 30 heavy (non-hydrogen) atoms. The molecule has 0 bridgehead atoms. The third-order valence-electron chi connectivity index (χ3n) is 5.01. The van der Waals surface area contributed by atoms with Gasteiger partial charge in [-0.15, -0.1) is 11.3 Å². The summed E-state index contributed by atoms with van der Waals surface area (Å²) in [7, 11) is 0. The number of carbonyl (C=O) groups is 1. The number of phenolic OH excluding ortho intramolecular Hbond substituents is 1. The highest BCUT2D eigenvalue weighted by Crippen LogP contribution is 2.30. The van der Waals surface area contributed by atoms with Gasteiger partial charge >= 0.3 is 5.97 Å². The normalized spacial score (nSPS) is 11.6. The Labute approximate surface area is 169 Å². The van der Waals surface area contributed by atoms with Crippen LogP contribution in [-0.2, 0) is 4.79 Å². The molecule has 0 fully saturated rings. The lowest BCUT2D eigenvalue weighted by atomic mass is 10.0. The summed E-state index contributed by atoms with van der Waals surface area (Å²) in [6.45, 7) is 1.21. The van der Waals surface area contributed by atoms with Crippen molar-refractivity contribution in [3.8, 4) is 11.5 Å². The minimum absolute atomic E-state index is 0.00202. The molecule has 1 N–H and O–H groups in total. The van der Waals surface area contributed by atoms with Gasteiger partial charge in [0, 0.05) is 28.5 Å². The van der Waals surface area contributed by atoms with E-state index in [4.69, 9.17) is 4.74 Å². The molecule has 0 saturated heterocycles. The van der Waals surface area contributed by atoms with Crippen LogP contribution in [0.15, 0.2) is 55.6 Å². The molecule has 0 spiro atoms. The van der Waals surface area contributed by atoms with E-state index in [2.05, 4.69) is 0 Å². The molecule has 0 aliphatic rings. The maximum absolute atomic E-state index is 13.3. The minimum atomic E-state index is -0.588. The van der Waals surface area contributed by atoms with Crippen molar-refractivity contribution in [3.63, 3.8) is 0 Å². The topological polar surface area (TPSA) is 115 Å². The van der Waals surface area contributed by atoms with Gasteiger partial charge in [-0.05, 0) is 36.4 Å². The molecular formula is C22H10O7S. The number of hydrogen-bond donors (Lipinski definition) is 1. The molecule has 0 unspecified atom stereocenters. The maximum atomic E-state index is 13.3. The average Bonchev–Trinajstić information content (AvgIpc) is 3.11. The van der Waals surface area contributed by atoms with Crippen LogP contribution >= 0.6 is 11.3 Å². The number of benzene rings is 4.